The molecule has 0 aromatic carbocycles. The van der Waals surface area contributed by atoms with Crippen molar-refractivity contribution in [3.63, 3.8) is 0 Å². The maximum Gasteiger partial charge on any atom is 0.414 e. The molecule has 0 saturated carbocycles. The van der Waals surface area contributed by atoms with Gasteiger partial charge in [-0.05, 0) is 25.5 Å². The predicted molar refractivity (Wildman–Crippen MR) is 61.0 cm³/mol. The molecule has 7 nitrogen and oxygen atoms in total. The first-order valence-corrected chi connectivity index (χ1v) is 5.11. The fourth-order valence-electron chi connectivity index (χ4n) is 1.19. The van der Waals surface area contributed by atoms with Gasteiger partial charge in [0.2, 0.25) is 6.47 Å². The molecule has 0 radical (unpaired) electrons. The quantitative estimate of drug-likeness (QED) is 0.294. The van der Waals surface area contributed by atoms with Crippen LogP contribution >= 0.6 is 0 Å². The van der Waals surface area contributed by atoms with Crippen molar-refractivity contribution >= 4 is 18.4 Å². The average molecular weight is 262 g/mol. The number of halogens is 1. The zero-order chi connectivity index (χ0) is 14.0. The molecular weight excluding hydrogens is 247 g/mol. The second-order valence-corrected chi connectivity index (χ2v) is 3.33. The van der Waals surface area contributed by atoms with Gasteiger partial charge in [0, 0.05) is 6.04 Å². The summed E-state index contributed by atoms with van der Waals surface area (Å²) in [5, 5.41) is 21.1. The van der Waals surface area contributed by atoms with Crippen molar-refractivity contribution in [2.45, 2.75) is 19.4 Å². The summed E-state index contributed by atoms with van der Waals surface area (Å²) in [5.74, 6) is -3.65. The second kappa shape index (κ2) is 9.11. The Bertz CT molecular complexity index is 331. The molecule has 0 amide bonds. The van der Waals surface area contributed by atoms with E-state index in [9.17, 15) is 4.39 Å². The summed E-state index contributed by atoms with van der Waals surface area (Å²) >= 11 is 0. The van der Waals surface area contributed by atoms with Crippen molar-refractivity contribution in [1.82, 2.24) is 5.32 Å². The summed E-state index contributed by atoms with van der Waals surface area (Å²) in [6, 6.07) is 0.313. The van der Waals surface area contributed by atoms with Crippen molar-refractivity contribution in [3.8, 4) is 0 Å². The third kappa shape index (κ3) is 7.34. The maximum absolute atomic E-state index is 11.4. The van der Waals surface area contributed by atoms with Gasteiger partial charge < -0.3 is 20.4 Å². The number of aliphatic carboxylic acids is 2. The van der Waals surface area contributed by atoms with Crippen LogP contribution in [-0.4, -0.2) is 47.8 Å². The van der Waals surface area contributed by atoms with E-state index in [0.29, 0.717) is 12.6 Å². The number of hydrogen-bond donors (Lipinski definition) is 3. The SMILES string of the molecule is CC1NCCC=C1CON=CF.O=C(O)C(=O)O. The predicted octanol–water partition coefficient (Wildman–Crippen LogP) is 0.380. The Morgan fingerprint density at radius 2 is 2.22 bits per heavy atom. The van der Waals surface area contributed by atoms with E-state index in [1.807, 2.05) is 6.92 Å². The van der Waals surface area contributed by atoms with Crippen LogP contribution in [0.2, 0.25) is 0 Å². The van der Waals surface area contributed by atoms with E-state index in [2.05, 4.69) is 21.4 Å². The standard InChI is InChI=1S/C8H13FN2O.C2H2O4/c1-7-8(3-2-4-10-7)5-12-11-6-9;3-1(4)2(5)6/h3,6-7,10H,2,4-5H2,1H3;(H,3,4)(H,5,6). The molecule has 0 bridgehead atoms. The first kappa shape index (κ1) is 16.0. The summed E-state index contributed by atoms with van der Waals surface area (Å²) in [4.78, 5) is 22.9. The van der Waals surface area contributed by atoms with Crippen LogP contribution in [0.5, 0.6) is 0 Å². The molecule has 1 rings (SSSR count). The van der Waals surface area contributed by atoms with E-state index in [1.165, 1.54) is 0 Å². The van der Waals surface area contributed by atoms with Gasteiger partial charge in [-0.2, -0.15) is 4.39 Å². The van der Waals surface area contributed by atoms with Crippen LogP contribution in [0.4, 0.5) is 4.39 Å². The summed E-state index contributed by atoms with van der Waals surface area (Å²) in [7, 11) is 0. The molecule has 1 aliphatic rings. The Hall–Kier alpha value is -1.96. The number of oxime groups is 1. The number of nitrogens with one attached hydrogen (secondary N) is 1. The molecule has 1 aliphatic heterocycles. The lowest BCUT2D eigenvalue weighted by molar-refractivity contribution is -0.159. The first-order chi connectivity index (χ1) is 8.49. The number of carboxylic acids is 2. The highest BCUT2D eigenvalue weighted by molar-refractivity contribution is 6.27. The normalized spacial score (nSPS) is 18.6. The second-order valence-electron chi connectivity index (χ2n) is 3.33. The van der Waals surface area contributed by atoms with Crippen molar-refractivity contribution in [3.05, 3.63) is 11.6 Å². The fourth-order valence-corrected chi connectivity index (χ4v) is 1.19. The van der Waals surface area contributed by atoms with E-state index in [1.54, 1.807) is 0 Å². The highest BCUT2D eigenvalue weighted by atomic mass is 19.1. The van der Waals surface area contributed by atoms with Crippen LogP contribution < -0.4 is 5.32 Å². The number of hydrogen-bond acceptors (Lipinski definition) is 5. The Morgan fingerprint density at radius 1 is 1.61 bits per heavy atom. The summed E-state index contributed by atoms with van der Waals surface area (Å²) in [5.41, 5.74) is 1.13. The first-order valence-electron chi connectivity index (χ1n) is 5.11. The number of nitrogens with zero attached hydrogens (tertiary/aromatic N) is 1. The Balaban J connectivity index is 0.000000411. The highest BCUT2D eigenvalue weighted by Gasteiger charge is 2.11. The van der Waals surface area contributed by atoms with Crippen molar-refractivity contribution in [2.24, 2.45) is 5.16 Å². The fraction of sp³-hybridized carbons (Fsp3) is 0.500. The zero-order valence-electron chi connectivity index (χ0n) is 9.80. The number of carboxylic acid groups (broad SMARTS) is 2. The van der Waals surface area contributed by atoms with Gasteiger partial charge in [0.1, 0.15) is 6.61 Å². The minimum Gasteiger partial charge on any atom is -0.473 e. The molecule has 18 heavy (non-hydrogen) atoms. The Kier molecular flexibility index (Phi) is 8.12. The van der Waals surface area contributed by atoms with Crippen LogP contribution in [0.15, 0.2) is 16.8 Å². The van der Waals surface area contributed by atoms with Gasteiger partial charge in [0.15, 0.2) is 0 Å². The largest absolute Gasteiger partial charge is 0.473 e. The molecule has 102 valence electrons. The molecular formula is C10H15FN2O5. The summed E-state index contributed by atoms with van der Waals surface area (Å²) < 4.78 is 11.4. The minimum atomic E-state index is -1.82. The monoisotopic (exact) mass is 262 g/mol. The molecule has 8 heteroatoms. The van der Waals surface area contributed by atoms with Gasteiger partial charge in [-0.3, -0.25) is 0 Å². The van der Waals surface area contributed by atoms with E-state index in [4.69, 9.17) is 19.8 Å². The third-order valence-corrected chi connectivity index (χ3v) is 2.09. The van der Waals surface area contributed by atoms with Crippen molar-refractivity contribution in [2.75, 3.05) is 13.2 Å². The topological polar surface area (TPSA) is 108 Å². The molecule has 1 heterocycles. The highest BCUT2D eigenvalue weighted by Crippen LogP contribution is 2.08. The van der Waals surface area contributed by atoms with E-state index >= 15 is 0 Å². The average Bonchev–Trinajstić information content (AvgIpc) is 2.32. The van der Waals surface area contributed by atoms with E-state index in [0.717, 1.165) is 18.5 Å². The van der Waals surface area contributed by atoms with Crippen molar-refractivity contribution in [1.29, 1.82) is 0 Å². The van der Waals surface area contributed by atoms with Gasteiger partial charge in [0.05, 0.1) is 0 Å². The third-order valence-electron chi connectivity index (χ3n) is 2.09. The van der Waals surface area contributed by atoms with Crippen LogP contribution in [0.1, 0.15) is 13.3 Å². The molecule has 0 fully saturated rings. The van der Waals surface area contributed by atoms with Crippen LogP contribution in [0.25, 0.3) is 0 Å². The summed E-state index contributed by atoms with van der Waals surface area (Å²) in [6.07, 6.45) is 3.11. The van der Waals surface area contributed by atoms with E-state index < -0.39 is 11.9 Å². The Labute approximate surface area is 103 Å². The zero-order valence-corrected chi connectivity index (χ0v) is 9.80. The molecule has 0 saturated heterocycles. The lowest BCUT2D eigenvalue weighted by Gasteiger charge is -2.20. The van der Waals surface area contributed by atoms with Gasteiger partial charge in [0.25, 0.3) is 0 Å². The maximum atomic E-state index is 11.4. The van der Waals surface area contributed by atoms with Crippen LogP contribution in [-0.2, 0) is 14.4 Å². The van der Waals surface area contributed by atoms with Crippen LogP contribution in [0, 0.1) is 0 Å². The minimum absolute atomic E-state index is 0.154. The number of carbonyl (C=O) groups is 2. The van der Waals surface area contributed by atoms with Gasteiger partial charge in [-0.1, -0.05) is 11.2 Å². The lowest BCUT2D eigenvalue weighted by Crippen LogP contribution is -2.33. The van der Waals surface area contributed by atoms with E-state index in [-0.39, 0.29) is 6.47 Å². The molecule has 0 aromatic rings. The van der Waals surface area contributed by atoms with Gasteiger partial charge in [-0.15, -0.1) is 0 Å². The summed E-state index contributed by atoms with van der Waals surface area (Å²) in [6.45, 7) is 3.57. The molecule has 1 atom stereocenters. The van der Waals surface area contributed by atoms with Gasteiger partial charge in [-0.25, -0.2) is 9.59 Å². The smallest absolute Gasteiger partial charge is 0.414 e. The molecule has 1 unspecified atom stereocenters. The molecule has 0 spiro atoms. The van der Waals surface area contributed by atoms with Crippen molar-refractivity contribution < 1.29 is 29.0 Å². The Morgan fingerprint density at radius 3 is 2.67 bits per heavy atom. The lowest BCUT2D eigenvalue weighted by atomic mass is 10.1. The van der Waals surface area contributed by atoms with Crippen LogP contribution in [0.3, 0.4) is 0 Å². The number of rotatable bonds is 3. The molecule has 3 N–H and O–H groups in total. The molecule has 0 aromatic heterocycles. The molecule has 0 aliphatic carbocycles. The van der Waals surface area contributed by atoms with Gasteiger partial charge >= 0.3 is 11.9 Å².